The molecule has 0 unspecified atom stereocenters. The zero-order valence-electron chi connectivity index (χ0n) is 31.7. The molecule has 0 aliphatic carbocycles. The summed E-state index contributed by atoms with van der Waals surface area (Å²) >= 11 is 0. The van der Waals surface area contributed by atoms with Crippen LogP contribution in [0.5, 0.6) is 23.0 Å². The summed E-state index contributed by atoms with van der Waals surface area (Å²) in [5.74, 6) is -9.54. The van der Waals surface area contributed by atoms with Crippen molar-refractivity contribution >= 4 is 40.1 Å². The maximum absolute atomic E-state index is 14.2. The summed E-state index contributed by atoms with van der Waals surface area (Å²) in [4.78, 5) is 51.3. The molecule has 0 radical (unpaired) electrons. The third-order valence-corrected chi connectivity index (χ3v) is 10.2. The van der Waals surface area contributed by atoms with E-state index in [-0.39, 0.29) is 44.7 Å². The number of phenolic OH excluding ortho intramolecular Hbond substituents is 2. The first-order chi connectivity index (χ1) is 25.2. The number of ketones is 1. The number of aliphatic carboxylic acids is 1. The Morgan fingerprint density at radius 3 is 2.24 bits per heavy atom. The molecule has 6 N–H and O–H groups in total. The number of rotatable bonds is 5. The Bertz CT molecular complexity index is 1900. The maximum Gasteiger partial charge on any atom is 0.341 e. The number of nitrogens with one attached hydrogen (secondary N) is 1. The lowest BCUT2D eigenvalue weighted by molar-refractivity contribution is -0.160. The van der Waals surface area contributed by atoms with E-state index in [9.17, 15) is 44.7 Å². The molecule has 0 saturated heterocycles. The quantitative estimate of drug-likeness (QED) is 0.182. The van der Waals surface area contributed by atoms with Crippen molar-refractivity contribution in [2.24, 2.45) is 23.7 Å². The van der Waals surface area contributed by atoms with Crippen LogP contribution in [0.4, 0.5) is 5.69 Å². The number of carbonyl (C=O) groups is 4. The molecule has 15 heteroatoms. The predicted molar refractivity (Wildman–Crippen MR) is 195 cm³/mol. The number of phenols is 2. The topological polar surface area (TPSA) is 228 Å². The number of carbonyl (C=O) groups excluding carboxylic acids is 3. The lowest BCUT2D eigenvalue weighted by Crippen LogP contribution is -2.46. The molecule has 0 saturated carbocycles. The highest BCUT2D eigenvalue weighted by Gasteiger charge is 2.49. The molecule has 5 bridgehead atoms. The molecule has 3 aliphatic heterocycles. The van der Waals surface area contributed by atoms with Crippen LogP contribution in [0.15, 0.2) is 42.2 Å². The van der Waals surface area contributed by atoms with E-state index >= 15 is 0 Å². The van der Waals surface area contributed by atoms with Gasteiger partial charge in [-0.2, -0.15) is 0 Å². The van der Waals surface area contributed by atoms with E-state index in [1.165, 1.54) is 53.2 Å². The van der Waals surface area contributed by atoms with Gasteiger partial charge >= 0.3 is 17.7 Å². The zero-order valence-corrected chi connectivity index (χ0v) is 31.7. The highest BCUT2D eigenvalue weighted by Crippen LogP contribution is 2.54. The van der Waals surface area contributed by atoms with Crippen molar-refractivity contribution in [2.75, 3.05) is 19.0 Å². The molecule has 2 aromatic rings. The number of ether oxygens (including phenoxy) is 5. The van der Waals surface area contributed by atoms with Gasteiger partial charge in [-0.15, -0.1) is 0 Å². The maximum atomic E-state index is 14.2. The predicted octanol–water partition coefficient (Wildman–Crippen LogP) is 4.51. The van der Waals surface area contributed by atoms with Crippen LogP contribution in [-0.2, 0) is 28.6 Å². The number of allylic oxidation sites excluding steroid dienone is 2. The summed E-state index contributed by atoms with van der Waals surface area (Å²) in [5, 5.41) is 57.0. The van der Waals surface area contributed by atoms with Crippen LogP contribution in [0.3, 0.4) is 0 Å². The van der Waals surface area contributed by atoms with Gasteiger partial charge in [-0.1, -0.05) is 45.9 Å². The lowest BCUT2D eigenvalue weighted by atomic mass is 9.78. The normalized spacial score (nSPS) is 29.9. The zero-order chi connectivity index (χ0) is 40.4. The van der Waals surface area contributed by atoms with E-state index < -0.39 is 95.6 Å². The summed E-state index contributed by atoms with van der Waals surface area (Å²) < 4.78 is 28.9. The molecule has 0 fully saturated rings. The van der Waals surface area contributed by atoms with Crippen molar-refractivity contribution in [3.63, 3.8) is 0 Å². The number of methoxy groups -OCH3 is 1. The van der Waals surface area contributed by atoms with E-state index in [1.54, 1.807) is 39.8 Å². The average molecular weight is 756 g/mol. The number of hydrogen-bond acceptors (Lipinski definition) is 13. The largest absolute Gasteiger partial charge is 0.507 e. The third kappa shape index (κ3) is 8.17. The fourth-order valence-electron chi connectivity index (χ4n) is 6.89. The van der Waals surface area contributed by atoms with Gasteiger partial charge in [0, 0.05) is 67.2 Å². The van der Waals surface area contributed by atoms with Crippen LogP contribution in [0.2, 0.25) is 0 Å². The molecule has 3 heterocycles. The van der Waals surface area contributed by atoms with E-state index in [4.69, 9.17) is 23.7 Å². The lowest BCUT2D eigenvalue weighted by Gasteiger charge is -2.38. The molecule has 0 spiro atoms. The number of Topliss-reactive ketones (excluding diaryl/α,β-unsaturated/α-hetero) is 1. The van der Waals surface area contributed by atoms with Gasteiger partial charge < -0.3 is 54.5 Å². The third-order valence-electron chi connectivity index (χ3n) is 10.2. The summed E-state index contributed by atoms with van der Waals surface area (Å²) in [5.41, 5.74) is -0.251. The smallest absolute Gasteiger partial charge is 0.341 e. The second-order valence-corrected chi connectivity index (χ2v) is 14.1. The number of aromatic hydroxyl groups is 2. The van der Waals surface area contributed by atoms with Gasteiger partial charge in [0.15, 0.2) is 12.4 Å². The molecule has 1 amide bonds. The Balaban J connectivity index is 1.93. The van der Waals surface area contributed by atoms with Crippen molar-refractivity contribution in [2.45, 2.75) is 85.6 Å². The molecule has 0 aromatic heterocycles. The summed E-state index contributed by atoms with van der Waals surface area (Å²) in [6.07, 6.45) is 3.37. The number of anilines is 1. The summed E-state index contributed by atoms with van der Waals surface area (Å²) in [6, 6.07) is 1.13. The number of fused-ring (bicyclic) bond motifs is 14. The van der Waals surface area contributed by atoms with Gasteiger partial charge in [0.2, 0.25) is 0 Å². The van der Waals surface area contributed by atoms with E-state index in [0.717, 1.165) is 6.07 Å². The van der Waals surface area contributed by atoms with Crippen LogP contribution in [-0.4, -0.2) is 93.1 Å². The van der Waals surface area contributed by atoms with Crippen molar-refractivity contribution in [3.05, 3.63) is 53.3 Å². The van der Waals surface area contributed by atoms with Crippen molar-refractivity contribution in [1.82, 2.24) is 0 Å². The second kappa shape index (κ2) is 16.5. The Morgan fingerprint density at radius 2 is 1.63 bits per heavy atom. The SMILES string of the molecule is CO[C@H]1C=CO[C@@]2(C)Oc3c(C)c(O)c4c(O)c(cc(OCC(=O)O)c4c3C2=O)NC(=O)C(C)=C/C=C/[C@H](C)[C@H](O)[C@@H](C)[C@@H](O)[C@@H](C)[C@H](OC(C)=O)[C@@H]1C. The Morgan fingerprint density at radius 1 is 0.963 bits per heavy atom. The van der Waals surface area contributed by atoms with Crippen LogP contribution in [0.1, 0.15) is 64.4 Å². The van der Waals surface area contributed by atoms with Gasteiger partial charge in [0.25, 0.3) is 11.7 Å². The van der Waals surface area contributed by atoms with Gasteiger partial charge in [0.1, 0.15) is 23.4 Å². The van der Waals surface area contributed by atoms with Crippen molar-refractivity contribution < 1.29 is 68.4 Å². The van der Waals surface area contributed by atoms with Gasteiger partial charge in [0.05, 0.1) is 41.2 Å². The molecule has 3 aliphatic rings. The van der Waals surface area contributed by atoms with Gasteiger partial charge in [-0.25, -0.2) is 4.79 Å². The van der Waals surface area contributed by atoms with Crippen LogP contribution < -0.4 is 14.8 Å². The molecule has 2 aromatic carbocycles. The minimum absolute atomic E-state index is 0.0301. The summed E-state index contributed by atoms with van der Waals surface area (Å²) in [6.45, 7) is 11.4. The molecular weight excluding hydrogens is 706 g/mol. The first-order valence-electron chi connectivity index (χ1n) is 17.5. The fraction of sp³-hybridized carbons (Fsp3) is 0.487. The molecular formula is C39H49NO14. The molecule has 5 rings (SSSR count). The Hall–Kier alpha value is -5.12. The van der Waals surface area contributed by atoms with Crippen LogP contribution >= 0.6 is 0 Å². The second-order valence-electron chi connectivity index (χ2n) is 14.1. The molecule has 294 valence electrons. The number of hydrogen-bond donors (Lipinski definition) is 6. The van der Waals surface area contributed by atoms with Crippen molar-refractivity contribution in [3.8, 4) is 23.0 Å². The number of carboxylic acid groups (broad SMARTS) is 1. The minimum Gasteiger partial charge on any atom is -0.507 e. The standard InChI is InChI=1S/C39H49NO14/c1-17-11-10-12-18(2)38(49)40-24-15-26(51-16-27(42)43)28-29(34(24)47)33(46)22(6)36-30(28)37(48)39(8,54-36)52-14-13-25(50-9)19(3)35(53-23(7)41)21(5)32(45)20(4)31(17)44/h10-15,17,19-21,25,31-32,35,44-47H,16H2,1-9H3,(H,40,49)(H,42,43)/b11-10+,14-13?,18-12?/t17-,19+,20+,21+,25-,31-,32+,35+,39-/m0/s1. The fourth-order valence-corrected chi connectivity index (χ4v) is 6.89. The monoisotopic (exact) mass is 755 g/mol. The van der Waals surface area contributed by atoms with Gasteiger partial charge in [-0.05, 0) is 19.9 Å². The average Bonchev–Trinajstić information content (AvgIpc) is 3.38. The van der Waals surface area contributed by atoms with Crippen LogP contribution in [0.25, 0.3) is 10.8 Å². The molecule has 15 nitrogen and oxygen atoms in total. The number of aliphatic hydroxyl groups excluding tert-OH is 2. The molecule has 54 heavy (non-hydrogen) atoms. The first-order valence-corrected chi connectivity index (χ1v) is 17.5. The van der Waals surface area contributed by atoms with Crippen molar-refractivity contribution in [1.29, 1.82) is 0 Å². The first kappa shape index (κ1) is 41.6. The van der Waals surface area contributed by atoms with E-state index in [0.29, 0.717) is 0 Å². The highest BCUT2D eigenvalue weighted by molar-refractivity contribution is 6.21. The summed E-state index contributed by atoms with van der Waals surface area (Å²) in [7, 11) is 1.41. The van der Waals surface area contributed by atoms with Gasteiger partial charge in [-0.3, -0.25) is 14.4 Å². The van der Waals surface area contributed by atoms with E-state index in [2.05, 4.69) is 5.32 Å². The highest BCUT2D eigenvalue weighted by atomic mass is 16.7. The Kier molecular flexibility index (Phi) is 12.7. The molecule has 9 atom stereocenters. The van der Waals surface area contributed by atoms with Crippen LogP contribution in [0, 0.1) is 30.6 Å². The number of esters is 1. The Labute approximate surface area is 312 Å². The number of carboxylic acids is 1. The minimum atomic E-state index is -2.05. The number of amides is 1. The van der Waals surface area contributed by atoms with E-state index in [1.807, 2.05) is 0 Å². The number of benzene rings is 2. The number of aliphatic hydroxyl groups is 2.